The zero-order chi connectivity index (χ0) is 20.8. The maximum absolute atomic E-state index is 13.2. The Balaban J connectivity index is 1.72. The molecule has 1 aliphatic heterocycles. The van der Waals surface area contributed by atoms with Crippen LogP contribution in [0, 0.1) is 0 Å². The van der Waals surface area contributed by atoms with Crippen LogP contribution >= 0.6 is 11.3 Å². The van der Waals surface area contributed by atoms with E-state index in [1.807, 2.05) is 36.6 Å². The molecule has 1 saturated heterocycles. The van der Waals surface area contributed by atoms with Gasteiger partial charge in [-0.25, -0.2) is 4.98 Å². The van der Waals surface area contributed by atoms with Crippen molar-refractivity contribution in [2.24, 2.45) is 0 Å². The fraction of sp³-hybridized carbons (Fsp3) is 0.304. The molecule has 0 N–H and O–H groups in total. The van der Waals surface area contributed by atoms with Crippen molar-refractivity contribution in [2.45, 2.75) is 6.92 Å². The Morgan fingerprint density at radius 3 is 2.41 bits per heavy atom. The number of amides is 1. The number of anilines is 1. The van der Waals surface area contributed by atoms with Crippen molar-refractivity contribution >= 4 is 27.9 Å². The molecule has 1 aliphatic rings. The Morgan fingerprint density at radius 2 is 1.83 bits per heavy atom. The minimum Gasteiger partial charge on any atom is -0.379 e. The van der Waals surface area contributed by atoms with Gasteiger partial charge >= 0.3 is 0 Å². The van der Waals surface area contributed by atoms with E-state index in [1.165, 1.54) is 11.3 Å². The van der Waals surface area contributed by atoms with E-state index in [2.05, 4.69) is 29.6 Å². The van der Waals surface area contributed by atoms with Crippen LogP contribution in [0.4, 0.5) is 5.13 Å². The van der Waals surface area contributed by atoms with Gasteiger partial charge in [-0.05, 0) is 35.8 Å². The summed E-state index contributed by atoms with van der Waals surface area (Å²) in [6.07, 6.45) is 1.70. The molecule has 152 valence electrons. The summed E-state index contributed by atoms with van der Waals surface area (Å²) >= 11 is 1.43. The van der Waals surface area contributed by atoms with Gasteiger partial charge in [-0.3, -0.25) is 14.6 Å². The number of aromatic nitrogens is 1. The van der Waals surface area contributed by atoms with E-state index in [9.17, 15) is 4.79 Å². The summed E-state index contributed by atoms with van der Waals surface area (Å²) in [5, 5.41) is 2.51. The third-order valence-corrected chi connectivity index (χ3v) is 5.70. The van der Waals surface area contributed by atoms with E-state index >= 15 is 0 Å². The molecule has 2 heterocycles. The van der Waals surface area contributed by atoms with Gasteiger partial charge in [0.1, 0.15) is 0 Å². The maximum atomic E-state index is 13.2. The van der Waals surface area contributed by atoms with E-state index in [4.69, 9.17) is 4.74 Å². The number of carbonyl (C=O) groups is 1. The van der Waals surface area contributed by atoms with Crippen molar-refractivity contribution in [2.75, 3.05) is 44.3 Å². The molecule has 0 bridgehead atoms. The van der Waals surface area contributed by atoms with Crippen LogP contribution in [0.1, 0.15) is 22.8 Å². The second kappa shape index (κ2) is 9.78. The number of thiazole rings is 1. The van der Waals surface area contributed by atoms with Gasteiger partial charge in [-0.1, -0.05) is 37.4 Å². The van der Waals surface area contributed by atoms with Crippen molar-refractivity contribution in [3.8, 4) is 0 Å². The highest BCUT2D eigenvalue weighted by Crippen LogP contribution is 2.23. The number of nitrogens with zero attached hydrogens (tertiary/aromatic N) is 3. The molecule has 1 fully saturated rings. The zero-order valence-corrected chi connectivity index (χ0v) is 17.7. The molecule has 6 heteroatoms. The van der Waals surface area contributed by atoms with Crippen LogP contribution in [0.25, 0.3) is 5.57 Å². The molecule has 0 unspecified atom stereocenters. The fourth-order valence-corrected chi connectivity index (χ4v) is 3.67. The van der Waals surface area contributed by atoms with Crippen LogP contribution in [0.5, 0.6) is 0 Å². The third kappa shape index (κ3) is 5.50. The molecule has 0 radical (unpaired) electrons. The largest absolute Gasteiger partial charge is 0.379 e. The average Bonchev–Trinajstić information content (AvgIpc) is 3.26. The molecular formula is C23H27N3O2S. The Hall–Kier alpha value is -2.54. The van der Waals surface area contributed by atoms with Crippen LogP contribution in [-0.2, 0) is 4.74 Å². The van der Waals surface area contributed by atoms with Gasteiger partial charge < -0.3 is 4.74 Å². The molecule has 0 aliphatic carbocycles. The molecule has 2 aromatic rings. The lowest BCUT2D eigenvalue weighted by Crippen LogP contribution is -2.37. The number of morpholine rings is 1. The highest BCUT2D eigenvalue weighted by molar-refractivity contribution is 7.13. The molecule has 0 saturated carbocycles. The van der Waals surface area contributed by atoms with Gasteiger partial charge in [-0.15, -0.1) is 11.3 Å². The van der Waals surface area contributed by atoms with E-state index in [0.717, 1.165) is 55.1 Å². The minimum atomic E-state index is -0.104. The van der Waals surface area contributed by atoms with Crippen LogP contribution in [0.2, 0.25) is 0 Å². The van der Waals surface area contributed by atoms with Gasteiger partial charge in [0.05, 0.1) is 19.8 Å². The first kappa shape index (κ1) is 21.2. The monoisotopic (exact) mass is 409 g/mol. The lowest BCUT2D eigenvalue weighted by Gasteiger charge is -2.27. The summed E-state index contributed by atoms with van der Waals surface area (Å²) in [5.74, 6) is -0.104. The van der Waals surface area contributed by atoms with E-state index in [0.29, 0.717) is 17.2 Å². The Labute approximate surface area is 176 Å². The maximum Gasteiger partial charge on any atom is 0.260 e. The Kier molecular flexibility index (Phi) is 7.14. The summed E-state index contributed by atoms with van der Waals surface area (Å²) in [4.78, 5) is 21.5. The third-order valence-electron chi connectivity index (χ3n) is 4.91. The molecule has 29 heavy (non-hydrogen) atoms. The zero-order valence-electron chi connectivity index (χ0n) is 16.9. The fourth-order valence-electron chi connectivity index (χ4n) is 3.03. The van der Waals surface area contributed by atoms with Crippen LogP contribution in [0.3, 0.4) is 0 Å². The first-order chi connectivity index (χ1) is 14.0. The number of ether oxygens (including phenoxy) is 1. The van der Waals surface area contributed by atoms with E-state index in [1.54, 1.807) is 11.1 Å². The SMILES string of the molecule is C=C(C)C(=C)CN(C(=O)c1ccc(C(=C)CN2CCOCC2)cc1)c1nccs1. The van der Waals surface area contributed by atoms with E-state index in [-0.39, 0.29) is 5.91 Å². The molecule has 3 rings (SSSR count). The molecule has 0 spiro atoms. The first-order valence-corrected chi connectivity index (χ1v) is 10.5. The summed E-state index contributed by atoms with van der Waals surface area (Å²) in [5.41, 5.74) is 4.36. The number of benzene rings is 1. The quantitative estimate of drug-likeness (QED) is 0.611. The van der Waals surface area contributed by atoms with E-state index < -0.39 is 0 Å². The molecule has 1 amide bonds. The van der Waals surface area contributed by atoms with Crippen LogP contribution in [-0.4, -0.2) is 55.2 Å². The van der Waals surface area contributed by atoms with Gasteiger partial charge in [-0.2, -0.15) is 0 Å². The lowest BCUT2D eigenvalue weighted by molar-refractivity contribution is 0.0444. The number of hydrogen-bond acceptors (Lipinski definition) is 5. The summed E-state index contributed by atoms with van der Waals surface area (Å²) in [6, 6.07) is 7.63. The molecule has 1 aromatic heterocycles. The minimum absolute atomic E-state index is 0.104. The number of rotatable bonds is 8. The lowest BCUT2D eigenvalue weighted by atomic mass is 10.0. The Morgan fingerprint density at radius 1 is 1.17 bits per heavy atom. The van der Waals surface area contributed by atoms with Crippen molar-refractivity contribution in [3.63, 3.8) is 0 Å². The van der Waals surface area contributed by atoms with Crippen molar-refractivity contribution < 1.29 is 9.53 Å². The van der Waals surface area contributed by atoms with Crippen LogP contribution < -0.4 is 4.90 Å². The second-order valence-corrected chi connectivity index (χ2v) is 8.03. The summed E-state index contributed by atoms with van der Waals surface area (Å²) in [7, 11) is 0. The van der Waals surface area contributed by atoms with Crippen molar-refractivity contribution in [1.82, 2.24) is 9.88 Å². The first-order valence-electron chi connectivity index (χ1n) is 9.59. The van der Waals surface area contributed by atoms with Crippen molar-refractivity contribution in [3.05, 3.63) is 77.9 Å². The van der Waals surface area contributed by atoms with Gasteiger partial charge in [0, 0.05) is 36.8 Å². The highest BCUT2D eigenvalue weighted by Gasteiger charge is 2.21. The molecule has 1 aromatic carbocycles. The summed E-state index contributed by atoms with van der Waals surface area (Å²) in [6.45, 7) is 18.6. The van der Waals surface area contributed by atoms with Gasteiger partial charge in [0.25, 0.3) is 5.91 Å². The normalized spacial score (nSPS) is 14.4. The number of hydrogen-bond donors (Lipinski definition) is 0. The smallest absolute Gasteiger partial charge is 0.260 e. The average molecular weight is 410 g/mol. The summed E-state index contributed by atoms with van der Waals surface area (Å²) < 4.78 is 5.39. The number of carbonyl (C=O) groups excluding carboxylic acids is 1. The predicted molar refractivity (Wildman–Crippen MR) is 120 cm³/mol. The molecular weight excluding hydrogens is 382 g/mol. The Bertz CT molecular complexity index is 881. The van der Waals surface area contributed by atoms with Crippen LogP contribution in [0.15, 0.2) is 66.7 Å². The van der Waals surface area contributed by atoms with Gasteiger partial charge in [0.15, 0.2) is 5.13 Å². The van der Waals surface area contributed by atoms with Crippen molar-refractivity contribution in [1.29, 1.82) is 0 Å². The second-order valence-electron chi connectivity index (χ2n) is 7.16. The highest BCUT2D eigenvalue weighted by atomic mass is 32.1. The standard InChI is InChI=1S/C23H27N3O2S/c1-17(2)18(3)16-26(23-24-9-14-29-23)22(27)21-7-5-20(6-8-21)19(4)15-25-10-12-28-13-11-25/h5-9,14H,1,3-4,10-13,15-16H2,2H3. The van der Waals surface area contributed by atoms with Gasteiger partial charge in [0.2, 0.25) is 0 Å². The molecule has 0 atom stereocenters. The predicted octanol–water partition coefficient (Wildman–Crippen LogP) is 4.27. The molecule has 5 nitrogen and oxygen atoms in total. The topological polar surface area (TPSA) is 45.7 Å².